The Morgan fingerprint density at radius 2 is 0.667 bits per heavy atom. The van der Waals surface area contributed by atoms with Crippen molar-refractivity contribution < 1.29 is 101 Å². The van der Waals surface area contributed by atoms with Gasteiger partial charge >= 0.3 is 85.8 Å². The maximum atomic E-state index is 7.82. The molecule has 90 valence electrons. The van der Waals surface area contributed by atoms with E-state index in [1.807, 2.05) is 0 Å². The van der Waals surface area contributed by atoms with Crippen LogP contribution in [0.15, 0.2) is 0 Å². The van der Waals surface area contributed by atoms with Gasteiger partial charge in [0.05, 0.1) is 0 Å². The van der Waals surface area contributed by atoms with E-state index in [1.54, 1.807) is 0 Å². The van der Waals surface area contributed by atoms with E-state index < -0.39 is 34.4 Å². The summed E-state index contributed by atoms with van der Waals surface area (Å²) in [5.41, 5.74) is 0. The summed E-state index contributed by atoms with van der Waals surface area (Å²) < 4.78 is 7.20. The first-order chi connectivity index (χ1) is 6.25. The Balaban J connectivity index is -0.0000000800. The van der Waals surface area contributed by atoms with E-state index in [2.05, 4.69) is 8.62 Å². The van der Waals surface area contributed by atoms with Crippen LogP contribution >= 0.6 is 34.4 Å². The van der Waals surface area contributed by atoms with Crippen molar-refractivity contribution in [3.05, 3.63) is 0 Å². The Hall–Kier alpha value is 2.96. The molecular weight excluding hydrogens is 323 g/mol. The Bertz CT molecular complexity index is 95.4. The average molecular weight is 332 g/mol. The fourth-order valence-corrected chi connectivity index (χ4v) is 1.18. The molecule has 0 amide bonds. The molecule has 0 saturated heterocycles. The molecule has 0 radical (unpaired) electrons. The molecule has 0 atom stereocenters. The van der Waals surface area contributed by atoms with Crippen molar-refractivity contribution in [2.75, 3.05) is 0 Å². The standard InChI is InChI=1S/K.2H4O5P2.H/c;2*1-6(2)5-7(3)4;/h;2*1-4H;/q+1;;;-1. The van der Waals surface area contributed by atoms with Gasteiger partial charge in [-0.25, -0.2) is 8.62 Å². The van der Waals surface area contributed by atoms with Crippen LogP contribution in [-0.2, 0) is 8.62 Å². The Morgan fingerprint density at radius 1 is 0.533 bits per heavy atom. The van der Waals surface area contributed by atoms with Gasteiger partial charge in [0.25, 0.3) is 0 Å². The van der Waals surface area contributed by atoms with Gasteiger partial charge in [-0.1, -0.05) is 0 Å². The van der Waals surface area contributed by atoms with Crippen LogP contribution in [0.1, 0.15) is 1.43 Å². The van der Waals surface area contributed by atoms with Gasteiger partial charge < -0.3 is 40.6 Å². The summed E-state index contributed by atoms with van der Waals surface area (Å²) in [7, 11) is -10.4. The van der Waals surface area contributed by atoms with E-state index in [9.17, 15) is 0 Å². The summed E-state index contributed by atoms with van der Waals surface area (Å²) in [6, 6.07) is 0. The largest absolute Gasteiger partial charge is 1.00 e. The molecule has 8 N–H and O–H groups in total. The molecule has 0 rings (SSSR count). The Labute approximate surface area is 133 Å². The Kier molecular flexibility index (Phi) is 23.1. The first-order valence-electron chi connectivity index (χ1n) is 2.33. The molecule has 0 heterocycles. The monoisotopic (exact) mass is 332 g/mol. The molecule has 0 aromatic rings. The molecule has 15 heteroatoms. The van der Waals surface area contributed by atoms with Crippen LogP contribution in [0.25, 0.3) is 0 Å². The molecule has 0 fully saturated rings. The SMILES string of the molecule is OP(O)OP(O)O.OP(O)OP(O)O.[H-].[K+]. The molecule has 10 nitrogen and oxygen atoms in total. The third-order valence-electron chi connectivity index (χ3n) is 0.292. The summed E-state index contributed by atoms with van der Waals surface area (Å²) in [4.78, 5) is 62.5. The molecule has 0 aliphatic carbocycles. The second-order valence-corrected chi connectivity index (χ2v) is 4.50. The van der Waals surface area contributed by atoms with Gasteiger partial charge in [0.1, 0.15) is 0 Å². The minimum atomic E-state index is -2.61. The van der Waals surface area contributed by atoms with Crippen molar-refractivity contribution in [3.63, 3.8) is 0 Å². The third-order valence-corrected chi connectivity index (χ3v) is 2.63. The zero-order valence-corrected chi connectivity index (χ0v) is 13.9. The van der Waals surface area contributed by atoms with Gasteiger partial charge in [-0.15, -0.1) is 0 Å². The summed E-state index contributed by atoms with van der Waals surface area (Å²) in [6.45, 7) is 0. The van der Waals surface area contributed by atoms with Gasteiger partial charge in [0.2, 0.25) is 0 Å². The zero-order chi connectivity index (χ0) is 11.7. The minimum absolute atomic E-state index is 0. The fourth-order valence-electron chi connectivity index (χ4n) is 0.131. The molecule has 0 unspecified atom stereocenters. The number of rotatable bonds is 4. The van der Waals surface area contributed by atoms with Crippen LogP contribution in [0.2, 0.25) is 0 Å². The smallest absolute Gasteiger partial charge is 1.00 e. The molecule has 0 aliphatic rings. The summed E-state index contributed by atoms with van der Waals surface area (Å²) in [5, 5.41) is 0. The molecular formula is H9KO10P4. The van der Waals surface area contributed by atoms with Gasteiger partial charge in [0, 0.05) is 0 Å². The number of hydrogen-bond donors (Lipinski definition) is 8. The maximum Gasteiger partial charge on any atom is 1.00 e. The van der Waals surface area contributed by atoms with E-state index in [-0.39, 0.29) is 52.8 Å². The fraction of sp³-hybridized carbons (Fsp3) is 0. The normalized spacial score (nSPS) is 10.4. The van der Waals surface area contributed by atoms with Gasteiger partial charge in [-0.05, 0) is 0 Å². The van der Waals surface area contributed by atoms with Crippen molar-refractivity contribution in [1.29, 1.82) is 0 Å². The predicted octanol–water partition coefficient (Wildman–Crippen LogP) is -4.03. The summed E-state index contributed by atoms with van der Waals surface area (Å²) in [6.07, 6.45) is 0. The van der Waals surface area contributed by atoms with Crippen LogP contribution in [0.3, 0.4) is 0 Å². The predicted molar refractivity (Wildman–Crippen MR) is 48.7 cm³/mol. The van der Waals surface area contributed by atoms with Crippen LogP contribution in [0, 0.1) is 0 Å². The van der Waals surface area contributed by atoms with E-state index in [4.69, 9.17) is 39.1 Å². The molecule has 0 saturated carbocycles. The summed E-state index contributed by atoms with van der Waals surface area (Å²) in [5.74, 6) is 0. The molecule has 0 aromatic heterocycles. The van der Waals surface area contributed by atoms with Crippen LogP contribution < -0.4 is 51.4 Å². The van der Waals surface area contributed by atoms with Gasteiger partial charge in [0.15, 0.2) is 0 Å². The zero-order valence-electron chi connectivity index (χ0n) is 8.18. The molecule has 0 aromatic carbocycles. The average Bonchev–Trinajstić information content (AvgIpc) is 1.79. The van der Waals surface area contributed by atoms with Crippen molar-refractivity contribution in [2.24, 2.45) is 0 Å². The van der Waals surface area contributed by atoms with Gasteiger partial charge in [-0.3, -0.25) is 0 Å². The van der Waals surface area contributed by atoms with Crippen molar-refractivity contribution in [3.8, 4) is 0 Å². The first kappa shape index (κ1) is 23.1. The first-order valence-corrected chi connectivity index (χ1v) is 6.99. The van der Waals surface area contributed by atoms with Crippen LogP contribution in [0.5, 0.6) is 0 Å². The van der Waals surface area contributed by atoms with Crippen LogP contribution in [-0.4, -0.2) is 39.1 Å². The van der Waals surface area contributed by atoms with E-state index in [0.29, 0.717) is 0 Å². The van der Waals surface area contributed by atoms with E-state index >= 15 is 0 Å². The van der Waals surface area contributed by atoms with E-state index in [0.717, 1.165) is 0 Å². The van der Waals surface area contributed by atoms with Crippen LogP contribution in [0.4, 0.5) is 0 Å². The molecule has 0 spiro atoms. The van der Waals surface area contributed by atoms with Crippen molar-refractivity contribution in [1.82, 2.24) is 0 Å². The Morgan fingerprint density at radius 3 is 0.667 bits per heavy atom. The molecule has 0 aliphatic heterocycles. The van der Waals surface area contributed by atoms with Gasteiger partial charge in [-0.2, -0.15) is 0 Å². The maximum absolute atomic E-state index is 7.82. The van der Waals surface area contributed by atoms with Crippen molar-refractivity contribution in [2.45, 2.75) is 0 Å². The topological polar surface area (TPSA) is 180 Å². The minimum Gasteiger partial charge on any atom is -1.00 e. The molecule has 15 heavy (non-hydrogen) atoms. The second kappa shape index (κ2) is 15.0. The molecule has 0 bridgehead atoms. The summed E-state index contributed by atoms with van der Waals surface area (Å²) >= 11 is 0. The second-order valence-electron chi connectivity index (χ2n) is 1.17. The van der Waals surface area contributed by atoms with Crippen molar-refractivity contribution >= 4 is 34.4 Å². The third kappa shape index (κ3) is 31.6. The van der Waals surface area contributed by atoms with E-state index in [1.165, 1.54) is 0 Å². The number of hydrogen-bond acceptors (Lipinski definition) is 10. The quantitative estimate of drug-likeness (QED) is 0.186.